The van der Waals surface area contributed by atoms with E-state index in [1.807, 2.05) is 30.5 Å². The van der Waals surface area contributed by atoms with E-state index in [0.717, 1.165) is 22.0 Å². The lowest BCUT2D eigenvalue weighted by Crippen LogP contribution is -1.84. The number of hydrogen-bond acceptors (Lipinski definition) is 2. The van der Waals surface area contributed by atoms with E-state index in [1.54, 1.807) is 12.4 Å². The van der Waals surface area contributed by atoms with Crippen LogP contribution in [0.2, 0.25) is 5.02 Å². The van der Waals surface area contributed by atoms with E-state index in [4.69, 9.17) is 11.6 Å². The molecule has 1 aromatic carbocycles. The van der Waals surface area contributed by atoms with Crippen molar-refractivity contribution in [2.45, 2.75) is 0 Å². The number of pyridine rings is 1. The number of nitrogens with zero attached hydrogens (tertiary/aromatic N) is 2. The maximum atomic E-state index is 6.21. The van der Waals surface area contributed by atoms with Crippen molar-refractivity contribution in [3.63, 3.8) is 0 Å². The largest absolute Gasteiger partial charge is 0.285 e. The highest BCUT2D eigenvalue weighted by atomic mass is 35.5. The molecule has 4 heteroatoms. The molecule has 1 N–H and O–H groups in total. The fourth-order valence-corrected chi connectivity index (χ4v) is 2.04. The van der Waals surface area contributed by atoms with Crippen molar-refractivity contribution in [1.29, 1.82) is 0 Å². The zero-order chi connectivity index (χ0) is 11.0. The summed E-state index contributed by atoms with van der Waals surface area (Å²) in [7, 11) is 0. The van der Waals surface area contributed by atoms with Crippen molar-refractivity contribution in [3.05, 3.63) is 47.9 Å². The molecule has 0 saturated heterocycles. The highest BCUT2D eigenvalue weighted by molar-refractivity contribution is 6.34. The Morgan fingerprint density at radius 2 is 2.12 bits per heavy atom. The molecule has 0 saturated carbocycles. The van der Waals surface area contributed by atoms with Crippen LogP contribution < -0.4 is 0 Å². The SMILES string of the molecule is Clc1ccc2cccnc2c1-c1cn[nH]c1. The quantitative estimate of drug-likeness (QED) is 0.696. The van der Waals surface area contributed by atoms with Crippen LogP contribution in [-0.2, 0) is 0 Å². The summed E-state index contributed by atoms with van der Waals surface area (Å²) in [5.74, 6) is 0. The van der Waals surface area contributed by atoms with E-state index >= 15 is 0 Å². The van der Waals surface area contributed by atoms with Gasteiger partial charge in [-0.15, -0.1) is 0 Å². The third-order valence-corrected chi connectivity index (χ3v) is 2.83. The van der Waals surface area contributed by atoms with Gasteiger partial charge in [0.15, 0.2) is 0 Å². The summed E-state index contributed by atoms with van der Waals surface area (Å²) < 4.78 is 0. The number of aromatic nitrogens is 3. The predicted octanol–water partition coefficient (Wildman–Crippen LogP) is 3.28. The average molecular weight is 230 g/mol. The fraction of sp³-hybridized carbons (Fsp3) is 0. The Labute approximate surface area is 97.1 Å². The van der Waals surface area contributed by atoms with Crippen molar-refractivity contribution < 1.29 is 0 Å². The zero-order valence-electron chi connectivity index (χ0n) is 8.31. The first-order valence-electron chi connectivity index (χ1n) is 4.88. The Hall–Kier alpha value is -1.87. The van der Waals surface area contributed by atoms with Crippen LogP contribution in [0, 0.1) is 0 Å². The molecule has 16 heavy (non-hydrogen) atoms. The molecule has 0 atom stereocenters. The molecule has 3 aromatic rings. The molecule has 3 rings (SSSR count). The van der Waals surface area contributed by atoms with Gasteiger partial charge in [0.1, 0.15) is 0 Å². The Balaban J connectivity index is 2.42. The van der Waals surface area contributed by atoms with E-state index < -0.39 is 0 Å². The molecule has 2 heterocycles. The van der Waals surface area contributed by atoms with Crippen LogP contribution in [0.4, 0.5) is 0 Å². The minimum Gasteiger partial charge on any atom is -0.285 e. The van der Waals surface area contributed by atoms with E-state index in [-0.39, 0.29) is 0 Å². The summed E-state index contributed by atoms with van der Waals surface area (Å²) >= 11 is 6.21. The van der Waals surface area contributed by atoms with Crippen molar-refractivity contribution in [2.75, 3.05) is 0 Å². The molecular weight excluding hydrogens is 222 g/mol. The molecule has 0 unspecified atom stereocenters. The first-order chi connectivity index (χ1) is 7.86. The Bertz CT molecular complexity index is 632. The van der Waals surface area contributed by atoms with Gasteiger partial charge < -0.3 is 0 Å². The third kappa shape index (κ3) is 1.37. The zero-order valence-corrected chi connectivity index (χ0v) is 9.07. The van der Waals surface area contributed by atoms with Crippen molar-refractivity contribution in [3.8, 4) is 11.1 Å². The van der Waals surface area contributed by atoms with Gasteiger partial charge in [0.05, 0.1) is 16.7 Å². The molecule has 0 radical (unpaired) electrons. The molecule has 0 aliphatic heterocycles. The molecule has 0 amide bonds. The minimum atomic E-state index is 0.688. The summed E-state index contributed by atoms with van der Waals surface area (Å²) in [4.78, 5) is 4.37. The minimum absolute atomic E-state index is 0.688. The molecule has 0 spiro atoms. The molecular formula is C12H8ClN3. The number of H-pyrrole nitrogens is 1. The number of rotatable bonds is 1. The van der Waals surface area contributed by atoms with Crippen LogP contribution in [0.5, 0.6) is 0 Å². The van der Waals surface area contributed by atoms with Gasteiger partial charge in [-0.1, -0.05) is 23.7 Å². The van der Waals surface area contributed by atoms with E-state index in [1.165, 1.54) is 0 Å². The van der Waals surface area contributed by atoms with Gasteiger partial charge in [-0.3, -0.25) is 10.1 Å². The first-order valence-corrected chi connectivity index (χ1v) is 5.26. The molecule has 0 aliphatic carbocycles. The fourth-order valence-electron chi connectivity index (χ4n) is 1.78. The Morgan fingerprint density at radius 1 is 1.19 bits per heavy atom. The molecule has 0 bridgehead atoms. The monoisotopic (exact) mass is 229 g/mol. The molecule has 2 aromatic heterocycles. The van der Waals surface area contributed by atoms with Crippen LogP contribution >= 0.6 is 11.6 Å². The van der Waals surface area contributed by atoms with E-state index in [2.05, 4.69) is 15.2 Å². The van der Waals surface area contributed by atoms with Crippen LogP contribution in [0.1, 0.15) is 0 Å². The number of benzene rings is 1. The van der Waals surface area contributed by atoms with Gasteiger partial charge in [-0.05, 0) is 12.1 Å². The smallest absolute Gasteiger partial charge is 0.0796 e. The molecule has 0 fully saturated rings. The summed E-state index contributed by atoms with van der Waals surface area (Å²) in [6, 6.07) is 7.78. The van der Waals surface area contributed by atoms with Gasteiger partial charge in [0.2, 0.25) is 0 Å². The summed E-state index contributed by atoms with van der Waals surface area (Å²) in [6.45, 7) is 0. The second-order valence-corrected chi connectivity index (χ2v) is 3.89. The van der Waals surface area contributed by atoms with Crippen LogP contribution in [-0.4, -0.2) is 15.2 Å². The topological polar surface area (TPSA) is 41.6 Å². The third-order valence-electron chi connectivity index (χ3n) is 2.51. The number of halogens is 1. The second kappa shape index (κ2) is 3.61. The lowest BCUT2D eigenvalue weighted by molar-refractivity contribution is 1.09. The molecule has 78 valence electrons. The van der Waals surface area contributed by atoms with Crippen molar-refractivity contribution >= 4 is 22.5 Å². The van der Waals surface area contributed by atoms with Gasteiger partial charge in [0, 0.05) is 28.9 Å². The Morgan fingerprint density at radius 3 is 2.94 bits per heavy atom. The standard InChI is InChI=1S/C12H8ClN3/c13-10-4-3-8-2-1-5-14-12(8)11(10)9-6-15-16-7-9/h1-7H,(H,15,16). The number of hydrogen-bond donors (Lipinski definition) is 1. The number of nitrogens with one attached hydrogen (secondary N) is 1. The van der Waals surface area contributed by atoms with Crippen LogP contribution in [0.15, 0.2) is 42.9 Å². The van der Waals surface area contributed by atoms with Crippen LogP contribution in [0.25, 0.3) is 22.0 Å². The van der Waals surface area contributed by atoms with Crippen molar-refractivity contribution in [2.24, 2.45) is 0 Å². The molecule has 0 aliphatic rings. The van der Waals surface area contributed by atoms with Crippen LogP contribution in [0.3, 0.4) is 0 Å². The lowest BCUT2D eigenvalue weighted by atomic mass is 10.1. The van der Waals surface area contributed by atoms with Gasteiger partial charge in [-0.25, -0.2) is 0 Å². The predicted molar refractivity (Wildman–Crippen MR) is 64.3 cm³/mol. The molecule has 3 nitrogen and oxygen atoms in total. The van der Waals surface area contributed by atoms with Gasteiger partial charge >= 0.3 is 0 Å². The van der Waals surface area contributed by atoms with Gasteiger partial charge in [-0.2, -0.15) is 5.10 Å². The lowest BCUT2D eigenvalue weighted by Gasteiger charge is -2.05. The number of fused-ring (bicyclic) bond motifs is 1. The summed E-state index contributed by atoms with van der Waals surface area (Å²) in [6.07, 6.45) is 5.33. The van der Waals surface area contributed by atoms with Crippen molar-refractivity contribution in [1.82, 2.24) is 15.2 Å². The maximum Gasteiger partial charge on any atom is 0.0796 e. The average Bonchev–Trinajstić information content (AvgIpc) is 2.82. The summed E-state index contributed by atoms with van der Waals surface area (Å²) in [5.41, 5.74) is 2.78. The first kappa shape index (κ1) is 9.36. The summed E-state index contributed by atoms with van der Waals surface area (Å²) in [5, 5.41) is 8.48. The highest BCUT2D eigenvalue weighted by Crippen LogP contribution is 2.33. The van der Waals surface area contributed by atoms with E-state index in [0.29, 0.717) is 5.02 Å². The second-order valence-electron chi connectivity index (χ2n) is 3.48. The number of aromatic amines is 1. The van der Waals surface area contributed by atoms with Gasteiger partial charge in [0.25, 0.3) is 0 Å². The Kier molecular flexibility index (Phi) is 2.11. The van der Waals surface area contributed by atoms with E-state index in [9.17, 15) is 0 Å². The normalized spacial score (nSPS) is 10.8. The highest BCUT2D eigenvalue weighted by Gasteiger charge is 2.10. The maximum absolute atomic E-state index is 6.21.